The molecule has 0 saturated heterocycles. The van der Waals surface area contributed by atoms with Crippen LogP contribution in [0.15, 0.2) is 67.1 Å². The second kappa shape index (κ2) is 9.03. The number of carbonyl (C=O) groups is 1. The van der Waals surface area contributed by atoms with E-state index in [2.05, 4.69) is 20.4 Å². The van der Waals surface area contributed by atoms with Crippen molar-refractivity contribution in [3.05, 3.63) is 83.9 Å². The van der Waals surface area contributed by atoms with Gasteiger partial charge in [-0.05, 0) is 48.5 Å². The van der Waals surface area contributed by atoms with Gasteiger partial charge < -0.3 is 10.1 Å². The molecule has 0 aliphatic carbocycles. The number of alkyl halides is 3. The van der Waals surface area contributed by atoms with Crippen molar-refractivity contribution in [3.63, 3.8) is 0 Å². The van der Waals surface area contributed by atoms with E-state index in [-0.39, 0.29) is 28.3 Å². The Labute approximate surface area is 191 Å². The summed E-state index contributed by atoms with van der Waals surface area (Å²) < 4.78 is 46.7. The van der Waals surface area contributed by atoms with Crippen molar-refractivity contribution in [1.82, 2.24) is 19.7 Å². The normalized spacial score (nSPS) is 11.0. The van der Waals surface area contributed by atoms with Crippen LogP contribution in [0, 0.1) is 11.3 Å². The molecule has 0 fully saturated rings. The van der Waals surface area contributed by atoms with Gasteiger partial charge in [-0.25, -0.2) is 9.67 Å². The van der Waals surface area contributed by atoms with Gasteiger partial charge in [0.25, 0.3) is 5.91 Å². The molecule has 3 aromatic heterocycles. The van der Waals surface area contributed by atoms with Crippen LogP contribution in [0.1, 0.15) is 21.6 Å². The van der Waals surface area contributed by atoms with Gasteiger partial charge >= 0.3 is 6.18 Å². The summed E-state index contributed by atoms with van der Waals surface area (Å²) in [5, 5.41) is 15.8. The highest BCUT2D eigenvalue weighted by Crippen LogP contribution is 2.34. The second-order valence-electron chi connectivity index (χ2n) is 6.95. The van der Waals surface area contributed by atoms with Gasteiger partial charge in [-0.3, -0.25) is 9.78 Å². The predicted molar refractivity (Wildman–Crippen MR) is 115 cm³/mol. The molecule has 1 N–H and O–H groups in total. The smallest absolute Gasteiger partial charge is 0.433 e. The fraction of sp³-hybridized carbons (Fsp3) is 0.0870. The number of rotatable bonds is 5. The third-order valence-electron chi connectivity index (χ3n) is 4.77. The van der Waals surface area contributed by atoms with E-state index >= 15 is 0 Å². The molecule has 0 radical (unpaired) electrons. The zero-order valence-electron chi connectivity index (χ0n) is 17.5. The molecule has 0 aliphatic heterocycles. The summed E-state index contributed by atoms with van der Waals surface area (Å²) in [7, 11) is 1.41. The van der Waals surface area contributed by atoms with Gasteiger partial charge in [0.15, 0.2) is 0 Å². The monoisotopic (exact) mass is 464 g/mol. The molecule has 11 heteroatoms. The molecular weight excluding hydrogens is 449 g/mol. The van der Waals surface area contributed by atoms with Crippen LogP contribution in [0.5, 0.6) is 5.75 Å². The Morgan fingerprint density at radius 3 is 2.59 bits per heavy atom. The number of halogens is 3. The molecule has 1 amide bonds. The summed E-state index contributed by atoms with van der Waals surface area (Å²) >= 11 is 0. The second-order valence-corrected chi connectivity index (χ2v) is 6.95. The minimum atomic E-state index is -4.66. The van der Waals surface area contributed by atoms with Crippen molar-refractivity contribution in [2.45, 2.75) is 6.18 Å². The predicted octanol–water partition coefficient (Wildman–Crippen LogP) is 4.48. The molecule has 0 saturated carbocycles. The van der Waals surface area contributed by atoms with Crippen LogP contribution in [0.25, 0.3) is 16.9 Å². The van der Waals surface area contributed by atoms with E-state index in [9.17, 15) is 23.2 Å². The number of methoxy groups -OCH3 is 1. The van der Waals surface area contributed by atoms with E-state index in [0.29, 0.717) is 11.3 Å². The zero-order valence-corrected chi connectivity index (χ0v) is 17.5. The van der Waals surface area contributed by atoms with Crippen LogP contribution >= 0.6 is 0 Å². The minimum absolute atomic E-state index is 0.0525. The summed E-state index contributed by atoms with van der Waals surface area (Å²) in [4.78, 5) is 20.5. The van der Waals surface area contributed by atoms with Gasteiger partial charge in [0, 0.05) is 23.5 Å². The van der Waals surface area contributed by atoms with Crippen LogP contribution in [0.4, 0.5) is 19.0 Å². The number of hydrogen-bond donors (Lipinski definition) is 1. The van der Waals surface area contributed by atoms with Crippen LogP contribution in [-0.4, -0.2) is 32.8 Å². The molecule has 0 aliphatic rings. The summed E-state index contributed by atoms with van der Waals surface area (Å²) in [6.07, 6.45) is -0.567. The SMILES string of the molecule is COc1ccc(C(=O)Nc2ccc(-n3nc(-c4cccnc4)cc3C(F)(F)F)cn2)cc1C#N. The lowest BCUT2D eigenvalue weighted by atomic mass is 10.1. The van der Waals surface area contributed by atoms with Gasteiger partial charge in [-0.15, -0.1) is 0 Å². The lowest BCUT2D eigenvalue weighted by molar-refractivity contribution is -0.142. The summed E-state index contributed by atoms with van der Waals surface area (Å²) in [5.41, 5.74) is -0.0219. The Bertz CT molecular complexity index is 1380. The maximum Gasteiger partial charge on any atom is 0.433 e. The van der Waals surface area contributed by atoms with E-state index in [1.165, 1.54) is 56.0 Å². The molecule has 4 rings (SSSR count). The topological polar surface area (TPSA) is 106 Å². The Balaban J connectivity index is 1.60. The molecule has 0 spiro atoms. The molecule has 8 nitrogen and oxygen atoms in total. The van der Waals surface area contributed by atoms with E-state index in [1.807, 2.05) is 6.07 Å². The highest BCUT2D eigenvalue weighted by molar-refractivity contribution is 6.04. The van der Waals surface area contributed by atoms with Crippen molar-refractivity contribution in [2.24, 2.45) is 0 Å². The first-order chi connectivity index (χ1) is 16.3. The Kier molecular flexibility index (Phi) is 5.97. The highest BCUT2D eigenvalue weighted by atomic mass is 19.4. The number of aromatic nitrogens is 4. The third-order valence-corrected chi connectivity index (χ3v) is 4.77. The third kappa shape index (κ3) is 4.56. The number of ether oxygens (including phenoxy) is 1. The van der Waals surface area contributed by atoms with Crippen LogP contribution in [-0.2, 0) is 6.18 Å². The van der Waals surface area contributed by atoms with Crippen molar-refractivity contribution < 1.29 is 22.7 Å². The van der Waals surface area contributed by atoms with Crippen molar-refractivity contribution in [3.8, 4) is 28.8 Å². The molecule has 3 heterocycles. The minimum Gasteiger partial charge on any atom is -0.495 e. The first kappa shape index (κ1) is 22.5. The molecule has 170 valence electrons. The fourth-order valence-electron chi connectivity index (χ4n) is 3.15. The van der Waals surface area contributed by atoms with Gasteiger partial charge in [0.05, 0.1) is 30.3 Å². The van der Waals surface area contributed by atoms with E-state index in [0.717, 1.165) is 10.7 Å². The summed E-state index contributed by atoms with van der Waals surface area (Å²) in [6, 6.07) is 13.1. The van der Waals surface area contributed by atoms with Gasteiger partial charge in [-0.1, -0.05) is 0 Å². The average Bonchev–Trinajstić information content (AvgIpc) is 3.31. The number of hydrogen-bond acceptors (Lipinski definition) is 6. The van der Waals surface area contributed by atoms with Crippen LogP contribution < -0.4 is 10.1 Å². The fourth-order valence-corrected chi connectivity index (χ4v) is 3.15. The quantitative estimate of drug-likeness (QED) is 0.467. The van der Waals surface area contributed by atoms with E-state index in [4.69, 9.17) is 4.74 Å². The maximum absolute atomic E-state index is 13.6. The molecule has 34 heavy (non-hydrogen) atoms. The molecule has 0 unspecified atom stereocenters. The van der Waals surface area contributed by atoms with Gasteiger partial charge in [0.2, 0.25) is 0 Å². The number of pyridine rings is 2. The van der Waals surface area contributed by atoms with Crippen molar-refractivity contribution in [2.75, 3.05) is 12.4 Å². The first-order valence-electron chi connectivity index (χ1n) is 9.73. The average molecular weight is 464 g/mol. The molecule has 1 aromatic carbocycles. The number of benzene rings is 1. The maximum atomic E-state index is 13.6. The number of carbonyl (C=O) groups excluding carboxylic acids is 1. The Morgan fingerprint density at radius 2 is 1.97 bits per heavy atom. The lowest BCUT2D eigenvalue weighted by Crippen LogP contribution is -2.15. The molecular formula is C23H15F3N6O2. The van der Waals surface area contributed by atoms with Crippen LogP contribution in [0.3, 0.4) is 0 Å². The number of anilines is 1. The van der Waals surface area contributed by atoms with Gasteiger partial charge in [0.1, 0.15) is 23.3 Å². The standard InChI is InChI=1S/C23H15F3N6O2/c1-34-19-6-4-14(9-16(19)11-27)22(33)30-21-7-5-17(13-29-21)32-20(23(24,25)26)10-18(31-32)15-3-2-8-28-12-15/h2-10,12-13H,1H3,(H,29,30,33). The molecule has 4 aromatic rings. The first-order valence-corrected chi connectivity index (χ1v) is 9.73. The largest absolute Gasteiger partial charge is 0.495 e. The van der Waals surface area contributed by atoms with E-state index in [1.54, 1.807) is 12.1 Å². The lowest BCUT2D eigenvalue weighted by Gasteiger charge is -2.11. The number of nitrogens with one attached hydrogen (secondary N) is 1. The molecule has 0 atom stereocenters. The number of nitrogens with zero attached hydrogens (tertiary/aromatic N) is 5. The van der Waals surface area contributed by atoms with Crippen LogP contribution in [0.2, 0.25) is 0 Å². The molecule has 0 bridgehead atoms. The Morgan fingerprint density at radius 1 is 1.15 bits per heavy atom. The van der Waals surface area contributed by atoms with E-state index < -0.39 is 17.8 Å². The summed E-state index contributed by atoms with van der Waals surface area (Å²) in [6.45, 7) is 0. The van der Waals surface area contributed by atoms with Gasteiger partial charge in [-0.2, -0.15) is 23.5 Å². The summed E-state index contributed by atoms with van der Waals surface area (Å²) in [5.74, 6) is -0.114. The zero-order chi connectivity index (χ0) is 24.3. The Hall–Kier alpha value is -4.72. The number of amides is 1. The highest BCUT2D eigenvalue weighted by Gasteiger charge is 2.36. The van der Waals surface area contributed by atoms with Crippen molar-refractivity contribution >= 4 is 11.7 Å². The van der Waals surface area contributed by atoms with Crippen molar-refractivity contribution in [1.29, 1.82) is 5.26 Å². The number of nitriles is 1.